The lowest BCUT2D eigenvalue weighted by Gasteiger charge is -2.25. The van der Waals surface area contributed by atoms with Gasteiger partial charge in [0.25, 0.3) is 0 Å². The van der Waals surface area contributed by atoms with E-state index < -0.39 is 10.0 Å². The second-order valence-electron chi connectivity index (χ2n) is 5.54. The van der Waals surface area contributed by atoms with E-state index in [2.05, 4.69) is 26.0 Å². The molecule has 0 aromatic carbocycles. The second kappa shape index (κ2) is 6.60. The van der Waals surface area contributed by atoms with Crippen molar-refractivity contribution in [1.82, 2.24) is 10.0 Å². The van der Waals surface area contributed by atoms with Gasteiger partial charge in [0, 0.05) is 18.7 Å². The van der Waals surface area contributed by atoms with Gasteiger partial charge in [-0.1, -0.05) is 20.3 Å². The summed E-state index contributed by atoms with van der Waals surface area (Å²) in [4.78, 5) is 0.178. The summed E-state index contributed by atoms with van der Waals surface area (Å²) in [6.45, 7) is 5.07. The van der Waals surface area contributed by atoms with Crippen molar-refractivity contribution in [1.29, 1.82) is 0 Å². The number of hydrogen-bond donors (Lipinski definition) is 2. The van der Waals surface area contributed by atoms with E-state index in [9.17, 15) is 8.42 Å². The topological polar surface area (TPSA) is 71.3 Å². The lowest BCUT2D eigenvalue weighted by atomic mass is 9.86. The van der Waals surface area contributed by atoms with Crippen LogP contribution in [0.5, 0.6) is 0 Å². The first kappa shape index (κ1) is 16.0. The van der Waals surface area contributed by atoms with Crippen LogP contribution in [0.1, 0.15) is 38.9 Å². The van der Waals surface area contributed by atoms with E-state index >= 15 is 0 Å². The number of nitrogens with one attached hydrogen (secondary N) is 2. The molecular formula is C13H21BrN2O3S. The molecule has 114 valence electrons. The van der Waals surface area contributed by atoms with E-state index in [-0.39, 0.29) is 9.56 Å². The van der Waals surface area contributed by atoms with Crippen LogP contribution >= 0.6 is 15.9 Å². The monoisotopic (exact) mass is 364 g/mol. The Balaban J connectivity index is 2.02. The molecule has 0 aliphatic heterocycles. The van der Waals surface area contributed by atoms with Gasteiger partial charge in [0.1, 0.15) is 10.7 Å². The minimum absolute atomic E-state index is 0.178. The molecule has 1 saturated carbocycles. The van der Waals surface area contributed by atoms with E-state index in [1.807, 2.05) is 13.8 Å². The summed E-state index contributed by atoms with van der Waals surface area (Å²) in [5.74, 6) is 1.09. The highest BCUT2D eigenvalue weighted by atomic mass is 79.9. The van der Waals surface area contributed by atoms with Crippen molar-refractivity contribution >= 4 is 26.0 Å². The van der Waals surface area contributed by atoms with Crippen LogP contribution in [0.25, 0.3) is 0 Å². The fraction of sp³-hybridized carbons (Fsp3) is 0.692. The van der Waals surface area contributed by atoms with Gasteiger partial charge in [0.15, 0.2) is 4.67 Å². The average molecular weight is 365 g/mol. The first-order chi connectivity index (χ1) is 9.38. The zero-order chi connectivity index (χ0) is 14.8. The highest BCUT2D eigenvalue weighted by molar-refractivity contribution is 9.10. The van der Waals surface area contributed by atoms with Crippen molar-refractivity contribution in [3.8, 4) is 0 Å². The maximum atomic E-state index is 12.2. The number of halogens is 1. The zero-order valence-electron chi connectivity index (χ0n) is 11.8. The molecule has 1 fully saturated rings. The van der Waals surface area contributed by atoms with Gasteiger partial charge >= 0.3 is 0 Å². The summed E-state index contributed by atoms with van der Waals surface area (Å²) in [7, 11) is -3.50. The molecule has 20 heavy (non-hydrogen) atoms. The Morgan fingerprint density at radius 1 is 1.45 bits per heavy atom. The third kappa shape index (κ3) is 4.07. The molecule has 1 aliphatic rings. The predicted octanol–water partition coefficient (Wildman–Crippen LogP) is 2.62. The molecule has 1 aromatic rings. The lowest BCUT2D eigenvalue weighted by molar-refractivity contribution is 0.316. The van der Waals surface area contributed by atoms with Crippen molar-refractivity contribution in [2.75, 3.05) is 6.54 Å². The molecule has 0 saturated heterocycles. The molecule has 0 amide bonds. The Kier molecular flexibility index (Phi) is 5.28. The largest absolute Gasteiger partial charge is 0.452 e. The molecule has 0 spiro atoms. The van der Waals surface area contributed by atoms with Crippen molar-refractivity contribution in [2.45, 2.75) is 50.6 Å². The number of rotatable bonds is 7. The van der Waals surface area contributed by atoms with Crippen LogP contribution in [0.2, 0.25) is 0 Å². The summed E-state index contributed by atoms with van der Waals surface area (Å²) in [6.07, 6.45) is 3.42. The molecule has 1 aromatic heterocycles. The van der Waals surface area contributed by atoms with Crippen LogP contribution in [-0.2, 0) is 16.6 Å². The van der Waals surface area contributed by atoms with Crippen molar-refractivity contribution in [3.63, 3.8) is 0 Å². The SMILES string of the molecule is CC(C)NCc1cc(S(=O)(=O)NCC2CCC2)c(Br)o1. The number of furan rings is 1. The smallest absolute Gasteiger partial charge is 0.244 e. The minimum atomic E-state index is -3.50. The number of hydrogen-bond acceptors (Lipinski definition) is 4. The van der Waals surface area contributed by atoms with Crippen LogP contribution in [0.4, 0.5) is 0 Å². The Morgan fingerprint density at radius 3 is 2.70 bits per heavy atom. The summed E-state index contributed by atoms with van der Waals surface area (Å²) in [5, 5.41) is 3.19. The standard InChI is InChI=1S/C13H21BrN2O3S/c1-9(2)15-8-11-6-12(13(14)19-11)20(17,18)16-7-10-4-3-5-10/h6,9-10,15-16H,3-5,7-8H2,1-2H3. The van der Waals surface area contributed by atoms with Gasteiger partial charge in [0.2, 0.25) is 10.0 Å². The Labute approximate surface area is 128 Å². The van der Waals surface area contributed by atoms with E-state index in [1.54, 1.807) is 6.07 Å². The van der Waals surface area contributed by atoms with Gasteiger partial charge in [-0.15, -0.1) is 0 Å². The first-order valence-electron chi connectivity index (χ1n) is 6.89. The van der Waals surface area contributed by atoms with Gasteiger partial charge in [-0.25, -0.2) is 13.1 Å². The highest BCUT2D eigenvalue weighted by Gasteiger charge is 2.25. The molecule has 0 radical (unpaired) electrons. The van der Waals surface area contributed by atoms with Crippen molar-refractivity contribution in [2.24, 2.45) is 5.92 Å². The molecule has 5 nitrogen and oxygen atoms in total. The molecule has 0 bridgehead atoms. The minimum Gasteiger partial charge on any atom is -0.452 e. The molecule has 0 unspecified atom stereocenters. The van der Waals surface area contributed by atoms with Crippen LogP contribution in [0, 0.1) is 5.92 Å². The van der Waals surface area contributed by atoms with E-state index in [0.717, 1.165) is 12.8 Å². The average Bonchev–Trinajstić information content (AvgIpc) is 2.66. The summed E-state index contributed by atoms with van der Waals surface area (Å²) in [5.41, 5.74) is 0. The Morgan fingerprint density at radius 2 is 2.15 bits per heavy atom. The lowest BCUT2D eigenvalue weighted by Crippen LogP contribution is -2.32. The van der Waals surface area contributed by atoms with Crippen LogP contribution in [-0.4, -0.2) is 21.0 Å². The van der Waals surface area contributed by atoms with Gasteiger partial charge in [-0.3, -0.25) is 0 Å². The zero-order valence-corrected chi connectivity index (χ0v) is 14.2. The predicted molar refractivity (Wildman–Crippen MR) is 80.9 cm³/mol. The summed E-state index contributed by atoms with van der Waals surface area (Å²) >= 11 is 3.18. The molecular weight excluding hydrogens is 344 g/mol. The van der Waals surface area contributed by atoms with Gasteiger partial charge < -0.3 is 9.73 Å². The van der Waals surface area contributed by atoms with Crippen LogP contribution in [0.3, 0.4) is 0 Å². The Bertz CT molecular complexity index is 550. The summed E-state index contributed by atoms with van der Waals surface area (Å²) in [6, 6.07) is 1.89. The third-order valence-electron chi connectivity index (χ3n) is 3.47. The second-order valence-corrected chi connectivity index (χ2v) is 7.99. The molecule has 1 heterocycles. The maximum absolute atomic E-state index is 12.2. The fourth-order valence-corrected chi connectivity index (χ4v) is 4.09. The fourth-order valence-electron chi connectivity index (χ4n) is 1.98. The van der Waals surface area contributed by atoms with E-state index in [1.165, 1.54) is 6.42 Å². The molecule has 7 heteroatoms. The third-order valence-corrected chi connectivity index (χ3v) is 5.75. The van der Waals surface area contributed by atoms with Crippen molar-refractivity contribution in [3.05, 3.63) is 16.5 Å². The maximum Gasteiger partial charge on any atom is 0.244 e. The Hall–Kier alpha value is -0.370. The molecule has 1 aliphatic carbocycles. The first-order valence-corrected chi connectivity index (χ1v) is 9.17. The molecule has 0 atom stereocenters. The number of sulfonamides is 1. The van der Waals surface area contributed by atoms with E-state index in [4.69, 9.17) is 4.42 Å². The van der Waals surface area contributed by atoms with Gasteiger partial charge in [-0.05, 0) is 34.7 Å². The van der Waals surface area contributed by atoms with Gasteiger partial charge in [-0.2, -0.15) is 0 Å². The van der Waals surface area contributed by atoms with Crippen molar-refractivity contribution < 1.29 is 12.8 Å². The normalized spacial score (nSPS) is 16.6. The summed E-state index contributed by atoms with van der Waals surface area (Å²) < 4.78 is 32.8. The highest BCUT2D eigenvalue weighted by Crippen LogP contribution is 2.28. The van der Waals surface area contributed by atoms with Crippen LogP contribution in [0.15, 0.2) is 20.0 Å². The van der Waals surface area contributed by atoms with E-state index in [0.29, 0.717) is 30.8 Å². The molecule has 2 N–H and O–H groups in total. The molecule has 2 rings (SSSR count). The van der Waals surface area contributed by atoms with Crippen LogP contribution < -0.4 is 10.0 Å². The van der Waals surface area contributed by atoms with Gasteiger partial charge in [0.05, 0.1) is 6.54 Å². The quantitative estimate of drug-likeness (QED) is 0.779.